The molecule has 0 saturated heterocycles. The normalized spacial score (nSPS) is 10.1. The number of allylic oxidation sites excluding steroid dienone is 1. The highest BCUT2D eigenvalue weighted by Gasteiger charge is 1.71. The molecule has 0 rings (SSSR count). The first-order chi connectivity index (χ1) is 3.27. The minimum Gasteiger partial charge on any atom is -0.376 e. The van der Waals surface area contributed by atoms with Gasteiger partial charge in [0.1, 0.15) is 0 Å². The summed E-state index contributed by atoms with van der Waals surface area (Å²) >= 11 is 0. The SMILES string of the molecule is CC/C=[C]/N(C)C. The van der Waals surface area contributed by atoms with Gasteiger partial charge in [-0.1, -0.05) is 13.0 Å². The predicted octanol–water partition coefficient (Wildman–Crippen LogP) is 1.27. The van der Waals surface area contributed by atoms with Gasteiger partial charge in [-0.05, 0) is 6.42 Å². The van der Waals surface area contributed by atoms with Crippen LogP contribution in [-0.2, 0) is 0 Å². The van der Waals surface area contributed by atoms with E-state index in [1.165, 1.54) is 0 Å². The van der Waals surface area contributed by atoms with Crippen LogP contribution in [0.2, 0.25) is 0 Å². The van der Waals surface area contributed by atoms with Crippen LogP contribution in [0.4, 0.5) is 0 Å². The molecule has 41 valence electrons. The molecule has 0 saturated carbocycles. The zero-order valence-electron chi connectivity index (χ0n) is 5.23. The van der Waals surface area contributed by atoms with E-state index in [0.29, 0.717) is 0 Å². The van der Waals surface area contributed by atoms with Crippen molar-refractivity contribution in [1.29, 1.82) is 0 Å². The van der Waals surface area contributed by atoms with E-state index in [-0.39, 0.29) is 0 Å². The van der Waals surface area contributed by atoms with Crippen LogP contribution in [0.3, 0.4) is 0 Å². The summed E-state index contributed by atoms with van der Waals surface area (Å²) in [6, 6.07) is 0. The van der Waals surface area contributed by atoms with Gasteiger partial charge in [-0.15, -0.1) is 0 Å². The Morgan fingerprint density at radius 1 is 1.57 bits per heavy atom. The summed E-state index contributed by atoms with van der Waals surface area (Å²) in [5.41, 5.74) is 0. The smallest absolute Gasteiger partial charge is 0.0554 e. The van der Waals surface area contributed by atoms with Crippen molar-refractivity contribution in [3.05, 3.63) is 12.3 Å². The maximum atomic E-state index is 3.00. The van der Waals surface area contributed by atoms with Crippen molar-refractivity contribution in [2.24, 2.45) is 0 Å². The molecule has 0 aliphatic carbocycles. The van der Waals surface area contributed by atoms with Crippen molar-refractivity contribution in [2.75, 3.05) is 14.1 Å². The highest BCUT2D eigenvalue weighted by Crippen LogP contribution is 1.78. The molecule has 0 aliphatic heterocycles. The second-order valence-corrected chi connectivity index (χ2v) is 1.64. The number of hydrogen-bond acceptors (Lipinski definition) is 1. The van der Waals surface area contributed by atoms with Crippen LogP contribution in [0.15, 0.2) is 6.08 Å². The van der Waals surface area contributed by atoms with Gasteiger partial charge in [0.05, 0.1) is 6.20 Å². The lowest BCUT2D eigenvalue weighted by Gasteiger charge is -1.99. The van der Waals surface area contributed by atoms with Gasteiger partial charge in [0.2, 0.25) is 0 Å². The van der Waals surface area contributed by atoms with Crippen LogP contribution in [0.5, 0.6) is 0 Å². The maximum absolute atomic E-state index is 3.00. The van der Waals surface area contributed by atoms with E-state index in [9.17, 15) is 0 Å². The maximum Gasteiger partial charge on any atom is 0.0554 e. The van der Waals surface area contributed by atoms with E-state index in [1.54, 1.807) is 0 Å². The fourth-order valence-corrected chi connectivity index (χ4v) is 0.274. The molecule has 0 amide bonds. The monoisotopic (exact) mass is 98.1 g/mol. The quantitative estimate of drug-likeness (QED) is 0.470. The van der Waals surface area contributed by atoms with Gasteiger partial charge in [-0.2, -0.15) is 0 Å². The first-order valence-corrected chi connectivity index (χ1v) is 2.52. The fraction of sp³-hybridized carbons (Fsp3) is 0.667. The Balaban J connectivity index is 3.08. The first kappa shape index (κ1) is 6.54. The Morgan fingerprint density at radius 3 is 2.29 bits per heavy atom. The lowest BCUT2D eigenvalue weighted by molar-refractivity contribution is 0.536. The molecule has 1 radical (unpaired) electrons. The van der Waals surface area contributed by atoms with Crippen molar-refractivity contribution >= 4 is 0 Å². The van der Waals surface area contributed by atoms with Crippen molar-refractivity contribution < 1.29 is 0 Å². The average molecular weight is 98.2 g/mol. The summed E-state index contributed by atoms with van der Waals surface area (Å²) in [6.45, 7) is 2.09. The Hall–Kier alpha value is -0.460. The van der Waals surface area contributed by atoms with Gasteiger partial charge in [-0.3, -0.25) is 0 Å². The Labute approximate surface area is 45.6 Å². The van der Waals surface area contributed by atoms with Crippen LogP contribution in [0.1, 0.15) is 13.3 Å². The molecule has 0 aromatic rings. The first-order valence-electron chi connectivity index (χ1n) is 2.52. The van der Waals surface area contributed by atoms with Crippen LogP contribution in [0.25, 0.3) is 0 Å². The molecule has 0 fully saturated rings. The molecule has 1 heteroatoms. The topological polar surface area (TPSA) is 3.24 Å². The summed E-state index contributed by atoms with van der Waals surface area (Å²) in [5.74, 6) is 0. The molecule has 7 heavy (non-hydrogen) atoms. The third-order valence-corrected chi connectivity index (χ3v) is 0.554. The number of hydrogen-bond donors (Lipinski definition) is 0. The molecular formula is C6H12N. The van der Waals surface area contributed by atoms with Crippen molar-refractivity contribution in [2.45, 2.75) is 13.3 Å². The van der Waals surface area contributed by atoms with E-state index in [0.717, 1.165) is 6.42 Å². The molecule has 0 spiro atoms. The van der Waals surface area contributed by atoms with Gasteiger partial charge >= 0.3 is 0 Å². The summed E-state index contributed by atoms with van der Waals surface area (Å²) in [6.07, 6.45) is 6.07. The van der Waals surface area contributed by atoms with Crippen LogP contribution >= 0.6 is 0 Å². The van der Waals surface area contributed by atoms with Gasteiger partial charge in [0, 0.05) is 14.1 Å². The average Bonchev–Trinajstić information content (AvgIpc) is 1.61. The molecule has 0 unspecified atom stereocenters. The van der Waals surface area contributed by atoms with E-state index in [2.05, 4.69) is 13.1 Å². The summed E-state index contributed by atoms with van der Waals surface area (Å²) < 4.78 is 0. The summed E-state index contributed by atoms with van der Waals surface area (Å²) in [5, 5.41) is 0. The lowest BCUT2D eigenvalue weighted by Crippen LogP contribution is -2.00. The minimum absolute atomic E-state index is 1.07. The molecule has 0 N–H and O–H groups in total. The standard InChI is InChI=1S/C6H12N/c1-4-5-6-7(2)3/h5H,4H2,1-3H3. The van der Waals surface area contributed by atoms with E-state index in [4.69, 9.17) is 0 Å². The molecule has 0 aromatic heterocycles. The molecular weight excluding hydrogens is 86.1 g/mol. The van der Waals surface area contributed by atoms with Crippen LogP contribution in [0, 0.1) is 6.20 Å². The third kappa shape index (κ3) is 5.54. The fourth-order valence-electron chi connectivity index (χ4n) is 0.274. The summed E-state index contributed by atoms with van der Waals surface area (Å²) in [4.78, 5) is 1.91. The van der Waals surface area contributed by atoms with Crippen molar-refractivity contribution in [1.82, 2.24) is 4.90 Å². The molecule has 0 bridgehead atoms. The van der Waals surface area contributed by atoms with E-state index < -0.39 is 0 Å². The second-order valence-electron chi connectivity index (χ2n) is 1.64. The van der Waals surface area contributed by atoms with Crippen molar-refractivity contribution in [3.63, 3.8) is 0 Å². The van der Waals surface area contributed by atoms with Gasteiger partial charge in [0.15, 0.2) is 0 Å². The number of nitrogens with zero attached hydrogens (tertiary/aromatic N) is 1. The molecule has 0 heterocycles. The second kappa shape index (κ2) is 3.72. The highest BCUT2D eigenvalue weighted by molar-refractivity contribution is 4.67. The summed E-state index contributed by atoms with van der Waals surface area (Å²) in [7, 11) is 3.93. The van der Waals surface area contributed by atoms with Crippen molar-refractivity contribution in [3.8, 4) is 0 Å². The highest BCUT2D eigenvalue weighted by atomic mass is 15.0. The Bertz CT molecular complexity index is 55.2. The predicted molar refractivity (Wildman–Crippen MR) is 31.8 cm³/mol. The van der Waals surface area contributed by atoms with Crippen LogP contribution < -0.4 is 0 Å². The third-order valence-electron chi connectivity index (χ3n) is 0.554. The molecule has 0 aromatic carbocycles. The minimum atomic E-state index is 1.07. The van der Waals surface area contributed by atoms with Crippen LogP contribution in [-0.4, -0.2) is 19.0 Å². The van der Waals surface area contributed by atoms with Gasteiger partial charge in [-0.25, -0.2) is 0 Å². The van der Waals surface area contributed by atoms with E-state index in [1.807, 2.05) is 25.1 Å². The van der Waals surface area contributed by atoms with Gasteiger partial charge < -0.3 is 4.90 Å². The Kier molecular flexibility index (Phi) is 3.48. The zero-order chi connectivity index (χ0) is 5.70. The number of rotatable bonds is 2. The Morgan fingerprint density at radius 2 is 2.14 bits per heavy atom. The largest absolute Gasteiger partial charge is 0.376 e. The molecule has 0 atom stereocenters. The zero-order valence-corrected chi connectivity index (χ0v) is 5.23. The van der Waals surface area contributed by atoms with E-state index >= 15 is 0 Å². The van der Waals surface area contributed by atoms with Gasteiger partial charge in [0.25, 0.3) is 0 Å². The molecule has 1 nitrogen and oxygen atoms in total. The molecule has 0 aliphatic rings. The lowest BCUT2D eigenvalue weighted by atomic mass is 10.5.